The zero-order valence-corrected chi connectivity index (χ0v) is 21.7. The van der Waals surface area contributed by atoms with Crippen LogP contribution in [-0.2, 0) is 6.42 Å². The van der Waals surface area contributed by atoms with E-state index in [1.54, 1.807) is 7.11 Å². The summed E-state index contributed by atoms with van der Waals surface area (Å²) in [6.07, 6.45) is 3.23. The number of rotatable bonds is 8. The highest BCUT2D eigenvalue weighted by atomic mass is 16.5. The van der Waals surface area contributed by atoms with Gasteiger partial charge in [-0.15, -0.1) is 0 Å². The van der Waals surface area contributed by atoms with Gasteiger partial charge in [0.25, 0.3) is 0 Å². The van der Waals surface area contributed by atoms with Crippen LogP contribution in [0.5, 0.6) is 23.0 Å². The second-order valence-corrected chi connectivity index (χ2v) is 9.64. The van der Waals surface area contributed by atoms with Gasteiger partial charge in [-0.3, -0.25) is 0 Å². The molecular formula is C30H34N4O3. The summed E-state index contributed by atoms with van der Waals surface area (Å²) in [4.78, 5) is 11.7. The fourth-order valence-electron chi connectivity index (χ4n) is 4.64. The molecule has 0 unspecified atom stereocenters. The second-order valence-electron chi connectivity index (χ2n) is 9.64. The Balaban J connectivity index is 1.37. The van der Waals surface area contributed by atoms with Crippen molar-refractivity contribution in [2.75, 3.05) is 39.6 Å². The average molecular weight is 499 g/mol. The lowest BCUT2D eigenvalue weighted by molar-refractivity contribution is 0.157. The molecule has 1 fully saturated rings. The predicted molar refractivity (Wildman–Crippen MR) is 148 cm³/mol. The van der Waals surface area contributed by atoms with Crippen LogP contribution in [-0.4, -0.2) is 48.7 Å². The van der Waals surface area contributed by atoms with Crippen molar-refractivity contribution in [3.8, 4) is 34.4 Å². The Morgan fingerprint density at radius 2 is 1.73 bits per heavy atom. The van der Waals surface area contributed by atoms with Crippen LogP contribution in [0.15, 0.2) is 60.7 Å². The first-order valence-electron chi connectivity index (χ1n) is 12.9. The first-order chi connectivity index (χ1) is 18.0. The highest BCUT2D eigenvalue weighted by Gasteiger charge is 2.19. The van der Waals surface area contributed by atoms with Gasteiger partial charge in [0.05, 0.1) is 19.2 Å². The molecule has 0 spiro atoms. The average Bonchev–Trinajstić information content (AvgIpc) is 2.92. The number of methoxy groups -OCH3 is 1. The first-order valence-corrected chi connectivity index (χ1v) is 12.9. The number of anilines is 1. The number of aromatic nitrogens is 2. The van der Waals surface area contributed by atoms with Crippen LogP contribution in [0.2, 0.25) is 0 Å². The Kier molecular flexibility index (Phi) is 7.42. The van der Waals surface area contributed by atoms with Gasteiger partial charge < -0.3 is 24.8 Å². The minimum atomic E-state index is 0.400. The molecule has 0 aliphatic carbocycles. The number of piperidine rings is 1. The number of hydrogen-bond donors (Lipinski definition) is 1. The van der Waals surface area contributed by atoms with E-state index < -0.39 is 0 Å². The van der Waals surface area contributed by atoms with Crippen molar-refractivity contribution in [1.29, 1.82) is 0 Å². The third-order valence-electron chi connectivity index (χ3n) is 6.98. The summed E-state index contributed by atoms with van der Waals surface area (Å²) >= 11 is 0. The molecule has 0 amide bonds. The Morgan fingerprint density at radius 3 is 2.46 bits per heavy atom. The van der Waals surface area contributed by atoms with Crippen molar-refractivity contribution in [3.05, 3.63) is 66.2 Å². The molecule has 7 nitrogen and oxygen atoms in total. The molecular weight excluding hydrogens is 464 g/mol. The number of benzene rings is 3. The third kappa shape index (κ3) is 5.78. The molecule has 0 saturated carbocycles. The fraction of sp³-hybridized carbons (Fsp3) is 0.333. The third-order valence-corrected chi connectivity index (χ3v) is 6.98. The van der Waals surface area contributed by atoms with Gasteiger partial charge in [-0.05, 0) is 93.3 Å². The van der Waals surface area contributed by atoms with Crippen molar-refractivity contribution in [1.82, 2.24) is 14.9 Å². The van der Waals surface area contributed by atoms with Crippen molar-refractivity contribution in [3.63, 3.8) is 0 Å². The Hall–Kier alpha value is -3.84. The number of nitrogens with two attached hydrogens (primary N) is 1. The van der Waals surface area contributed by atoms with E-state index >= 15 is 0 Å². The summed E-state index contributed by atoms with van der Waals surface area (Å²) in [5, 5.41) is 0.739. The molecule has 1 aliphatic heterocycles. The summed E-state index contributed by atoms with van der Waals surface area (Å²) in [5.74, 6) is 4.37. The van der Waals surface area contributed by atoms with Gasteiger partial charge in [0.15, 0.2) is 17.3 Å². The van der Waals surface area contributed by atoms with Crippen molar-refractivity contribution >= 4 is 16.7 Å². The van der Waals surface area contributed by atoms with E-state index in [1.165, 1.54) is 5.56 Å². The van der Waals surface area contributed by atoms with E-state index in [-0.39, 0.29) is 0 Å². The van der Waals surface area contributed by atoms with Crippen molar-refractivity contribution < 1.29 is 14.2 Å². The summed E-state index contributed by atoms with van der Waals surface area (Å²) in [6.45, 7) is 4.99. The van der Waals surface area contributed by atoms with Crippen molar-refractivity contribution in [2.24, 2.45) is 5.92 Å². The Labute approximate surface area is 218 Å². The molecule has 0 bridgehead atoms. The van der Waals surface area contributed by atoms with E-state index in [1.807, 2.05) is 48.5 Å². The van der Waals surface area contributed by atoms with E-state index in [2.05, 4.69) is 36.0 Å². The van der Waals surface area contributed by atoms with Gasteiger partial charge in [0.1, 0.15) is 17.3 Å². The minimum Gasteiger partial charge on any atom is -0.493 e. The SMILES string of the molecule is CCc1cccc(Oc2ccc(-c3nc(N)c4cc(OC)c(OCC5CCN(C)CC5)cc4n3)cc2)c1. The summed E-state index contributed by atoms with van der Waals surface area (Å²) in [5.41, 5.74) is 9.17. The summed E-state index contributed by atoms with van der Waals surface area (Å²) in [6, 6.07) is 19.6. The lowest BCUT2D eigenvalue weighted by Crippen LogP contribution is -2.32. The second kappa shape index (κ2) is 11.0. The molecule has 3 aromatic carbocycles. The van der Waals surface area contributed by atoms with Gasteiger partial charge in [0, 0.05) is 17.0 Å². The zero-order valence-electron chi connectivity index (χ0n) is 21.7. The van der Waals surface area contributed by atoms with E-state index in [9.17, 15) is 0 Å². The monoisotopic (exact) mass is 498 g/mol. The summed E-state index contributed by atoms with van der Waals surface area (Å²) in [7, 11) is 3.80. The molecule has 2 N–H and O–H groups in total. The van der Waals surface area contributed by atoms with Crippen LogP contribution in [0.3, 0.4) is 0 Å². The number of nitrogen functional groups attached to an aromatic ring is 1. The quantitative estimate of drug-likeness (QED) is 0.321. The van der Waals surface area contributed by atoms with Gasteiger partial charge >= 0.3 is 0 Å². The number of ether oxygens (including phenoxy) is 3. The topological polar surface area (TPSA) is 82.7 Å². The molecule has 4 aromatic rings. The normalized spacial score (nSPS) is 14.6. The molecule has 37 heavy (non-hydrogen) atoms. The molecule has 5 rings (SSSR count). The summed E-state index contributed by atoms with van der Waals surface area (Å²) < 4.78 is 17.9. The molecule has 192 valence electrons. The van der Waals surface area contributed by atoms with Crippen LogP contribution in [0.1, 0.15) is 25.3 Å². The Bertz CT molecular complexity index is 1370. The molecule has 0 atom stereocenters. The number of hydrogen-bond acceptors (Lipinski definition) is 7. The fourth-order valence-corrected chi connectivity index (χ4v) is 4.64. The number of nitrogens with zero attached hydrogens (tertiary/aromatic N) is 3. The van der Waals surface area contributed by atoms with E-state index in [0.29, 0.717) is 35.7 Å². The molecule has 1 aromatic heterocycles. The van der Waals surface area contributed by atoms with E-state index in [4.69, 9.17) is 24.9 Å². The zero-order chi connectivity index (χ0) is 25.8. The molecule has 1 saturated heterocycles. The minimum absolute atomic E-state index is 0.400. The number of fused-ring (bicyclic) bond motifs is 1. The van der Waals surface area contributed by atoms with Crippen molar-refractivity contribution in [2.45, 2.75) is 26.2 Å². The lowest BCUT2D eigenvalue weighted by Gasteiger charge is -2.28. The maximum atomic E-state index is 6.35. The standard InChI is InChI=1S/C30H34N4O3/c1-4-20-6-5-7-24(16-20)37-23-10-8-22(9-11-23)30-32-26-18-28(27(35-3)17-25(26)29(31)33-30)36-19-21-12-14-34(2)15-13-21/h5-11,16-18,21H,4,12-15,19H2,1-3H3,(H2,31,32,33). The Morgan fingerprint density at radius 1 is 0.946 bits per heavy atom. The van der Waals surface area contributed by atoms with Crippen LogP contribution >= 0.6 is 0 Å². The maximum absolute atomic E-state index is 6.35. The molecule has 0 radical (unpaired) electrons. The highest BCUT2D eigenvalue weighted by molar-refractivity contribution is 5.92. The van der Waals surface area contributed by atoms with Gasteiger partial charge in [-0.1, -0.05) is 19.1 Å². The number of aryl methyl sites for hydroxylation is 1. The van der Waals surface area contributed by atoms with Gasteiger partial charge in [-0.2, -0.15) is 0 Å². The molecule has 7 heteroatoms. The van der Waals surface area contributed by atoms with Crippen LogP contribution in [0.25, 0.3) is 22.3 Å². The molecule has 1 aliphatic rings. The smallest absolute Gasteiger partial charge is 0.163 e. The largest absolute Gasteiger partial charge is 0.493 e. The van der Waals surface area contributed by atoms with Crippen LogP contribution in [0.4, 0.5) is 5.82 Å². The van der Waals surface area contributed by atoms with Gasteiger partial charge in [0.2, 0.25) is 0 Å². The highest BCUT2D eigenvalue weighted by Crippen LogP contribution is 2.35. The maximum Gasteiger partial charge on any atom is 0.163 e. The van der Waals surface area contributed by atoms with Crippen LogP contribution in [0, 0.1) is 5.92 Å². The first kappa shape index (κ1) is 24.8. The predicted octanol–water partition coefficient (Wildman–Crippen LogP) is 5.96. The molecule has 2 heterocycles. The number of likely N-dealkylation sites (tertiary alicyclic amines) is 1. The van der Waals surface area contributed by atoms with Gasteiger partial charge in [-0.25, -0.2) is 9.97 Å². The van der Waals surface area contributed by atoms with E-state index in [0.717, 1.165) is 60.3 Å². The van der Waals surface area contributed by atoms with Crippen LogP contribution < -0.4 is 19.9 Å². The lowest BCUT2D eigenvalue weighted by atomic mass is 9.98.